The van der Waals surface area contributed by atoms with Crippen molar-refractivity contribution in [2.45, 2.75) is 25.5 Å². The van der Waals surface area contributed by atoms with Crippen LogP contribution in [-0.2, 0) is 14.4 Å². The van der Waals surface area contributed by atoms with Gasteiger partial charge in [-0.1, -0.05) is 15.9 Å². The first-order chi connectivity index (χ1) is 10.9. The maximum Gasteiger partial charge on any atom is 1.00 e. The number of amides is 2. The molecule has 0 bridgehead atoms. The zero-order valence-corrected chi connectivity index (χ0v) is 17.7. The number of aliphatic hydroxyl groups excluding tert-OH is 1. The summed E-state index contributed by atoms with van der Waals surface area (Å²) in [4.78, 5) is 36.4. The number of fused-ring (bicyclic) bond motifs is 1. The predicted octanol–water partition coefficient (Wildman–Crippen LogP) is -3.68. The predicted molar refractivity (Wildman–Crippen MR) is 86.0 cm³/mol. The van der Waals surface area contributed by atoms with Crippen LogP contribution in [0.5, 0.6) is 0 Å². The molecule has 1 saturated heterocycles. The minimum absolute atomic E-state index is 0. The van der Waals surface area contributed by atoms with Crippen LogP contribution in [0.2, 0.25) is 0 Å². The van der Waals surface area contributed by atoms with E-state index in [0.29, 0.717) is 23.2 Å². The van der Waals surface area contributed by atoms with E-state index in [1.807, 2.05) is 0 Å². The van der Waals surface area contributed by atoms with Gasteiger partial charge in [-0.3, -0.25) is 9.59 Å². The van der Waals surface area contributed by atoms with E-state index in [9.17, 15) is 24.6 Å². The maximum atomic E-state index is 12.0. The molecule has 2 heterocycles. The molecule has 2 N–H and O–H groups in total. The third-order valence-corrected chi connectivity index (χ3v) is 5.02. The van der Waals surface area contributed by atoms with Gasteiger partial charge >= 0.3 is 29.6 Å². The molecule has 0 radical (unpaired) electrons. The van der Waals surface area contributed by atoms with Crippen LogP contribution in [0.15, 0.2) is 22.1 Å². The molecule has 3 atom stereocenters. The molecule has 10 heteroatoms. The average molecular weight is 427 g/mol. The van der Waals surface area contributed by atoms with Gasteiger partial charge in [0.15, 0.2) is 0 Å². The van der Waals surface area contributed by atoms with E-state index < -0.39 is 23.9 Å². The Morgan fingerprint density at radius 3 is 2.79 bits per heavy atom. The fourth-order valence-corrected chi connectivity index (χ4v) is 3.85. The number of carbonyl (C=O) groups is 3. The van der Waals surface area contributed by atoms with Crippen molar-refractivity contribution in [3.05, 3.63) is 22.1 Å². The summed E-state index contributed by atoms with van der Waals surface area (Å²) < 4.78 is 0. The van der Waals surface area contributed by atoms with Gasteiger partial charge in [0.05, 0.1) is 29.7 Å². The van der Waals surface area contributed by atoms with E-state index in [2.05, 4.69) is 21.2 Å². The van der Waals surface area contributed by atoms with Gasteiger partial charge in [0, 0.05) is 29.3 Å². The van der Waals surface area contributed by atoms with Crippen molar-refractivity contribution in [2.75, 3.05) is 11.9 Å². The summed E-state index contributed by atoms with van der Waals surface area (Å²) in [5, 5.41) is 25.7. The molecule has 0 spiro atoms. The largest absolute Gasteiger partial charge is 1.00 e. The molecule has 2 amide bonds. The zero-order valence-electron chi connectivity index (χ0n) is 13.3. The van der Waals surface area contributed by atoms with Crippen LogP contribution in [0.4, 0.5) is 0 Å². The number of β-lactam (4-membered cyclic amide) rings is 1. The number of thioether (sulfide) groups is 1. The SMILES string of the molecule is CC(O)C1C(=O)N2C(C(=O)[O-])=C(SC=CC(=O)NCCBr)CC12.[Na+]. The second-order valence-electron chi connectivity index (χ2n) is 5.21. The molecule has 0 aliphatic carbocycles. The second kappa shape index (κ2) is 9.40. The van der Waals surface area contributed by atoms with E-state index in [4.69, 9.17) is 0 Å². The Morgan fingerprint density at radius 2 is 2.25 bits per heavy atom. The van der Waals surface area contributed by atoms with Crippen molar-refractivity contribution in [3.8, 4) is 0 Å². The summed E-state index contributed by atoms with van der Waals surface area (Å²) in [6, 6.07) is -0.353. The van der Waals surface area contributed by atoms with Crippen molar-refractivity contribution in [3.63, 3.8) is 0 Å². The Hall–Kier alpha value is -0.320. The van der Waals surface area contributed by atoms with Crippen molar-refractivity contribution in [2.24, 2.45) is 5.92 Å². The number of aliphatic hydroxyl groups is 1. The third kappa shape index (κ3) is 4.44. The molecule has 0 aromatic carbocycles. The molecule has 0 aromatic heterocycles. The summed E-state index contributed by atoms with van der Waals surface area (Å²) in [6.45, 7) is 2.00. The number of nitrogens with zero attached hydrogens (tertiary/aromatic N) is 1. The van der Waals surface area contributed by atoms with Gasteiger partial charge < -0.3 is 25.2 Å². The fourth-order valence-electron chi connectivity index (χ4n) is 2.73. The molecule has 2 aliphatic heterocycles. The molecule has 2 aliphatic rings. The molecule has 3 unspecified atom stereocenters. The van der Waals surface area contributed by atoms with Gasteiger partial charge in [-0.25, -0.2) is 0 Å². The molecular formula is C14H16BrN2NaO5S. The topological polar surface area (TPSA) is 110 Å². The molecule has 1 fully saturated rings. The van der Waals surface area contributed by atoms with E-state index in [1.54, 1.807) is 0 Å². The molecule has 126 valence electrons. The Balaban J connectivity index is 0.00000288. The summed E-state index contributed by atoms with van der Waals surface area (Å²) >= 11 is 4.26. The Labute approximate surface area is 174 Å². The minimum atomic E-state index is -1.43. The van der Waals surface area contributed by atoms with Gasteiger partial charge in [-0.05, 0) is 12.3 Å². The smallest absolute Gasteiger partial charge is 0.543 e. The van der Waals surface area contributed by atoms with Crippen LogP contribution in [-0.4, -0.2) is 51.8 Å². The Bertz CT molecular complexity index is 596. The quantitative estimate of drug-likeness (QED) is 0.188. The van der Waals surface area contributed by atoms with E-state index in [0.717, 1.165) is 11.8 Å². The van der Waals surface area contributed by atoms with E-state index in [-0.39, 0.29) is 47.2 Å². The van der Waals surface area contributed by atoms with Gasteiger partial charge in [-0.2, -0.15) is 0 Å². The zero-order chi connectivity index (χ0) is 17.1. The number of nitrogens with one attached hydrogen (secondary N) is 1. The monoisotopic (exact) mass is 426 g/mol. The van der Waals surface area contributed by atoms with E-state index in [1.165, 1.54) is 23.3 Å². The summed E-state index contributed by atoms with van der Waals surface area (Å²) in [5.41, 5.74) is -0.160. The first-order valence-corrected chi connectivity index (χ1v) is 9.01. The number of halogens is 1. The van der Waals surface area contributed by atoms with Crippen molar-refractivity contribution in [1.82, 2.24) is 10.2 Å². The molecule has 24 heavy (non-hydrogen) atoms. The number of aliphatic carboxylic acids is 1. The van der Waals surface area contributed by atoms with Crippen LogP contribution >= 0.6 is 27.7 Å². The minimum Gasteiger partial charge on any atom is -0.543 e. The van der Waals surface area contributed by atoms with Gasteiger partial charge in [0.2, 0.25) is 11.8 Å². The van der Waals surface area contributed by atoms with Crippen molar-refractivity contribution < 1.29 is 54.2 Å². The maximum absolute atomic E-state index is 12.0. The average Bonchev–Trinajstić information content (AvgIpc) is 2.79. The number of hydrogen-bond donors (Lipinski definition) is 2. The standard InChI is InChI=1S/C14H17BrN2O5S.Na/c1-7(18)11-8-6-9(12(14(21)22)17(8)13(11)20)23-5-2-10(19)16-4-3-15;/h2,5,7-8,11,18H,3-4,6H2,1H3,(H,16,19)(H,21,22);/q;+1/p-1. The van der Waals surface area contributed by atoms with Gasteiger partial charge in [0.1, 0.15) is 0 Å². The first kappa shape index (κ1) is 21.7. The number of carboxylic acid groups (broad SMARTS) is 1. The van der Waals surface area contributed by atoms with Crippen LogP contribution < -0.4 is 40.0 Å². The molecular weight excluding hydrogens is 411 g/mol. The third-order valence-electron chi connectivity index (χ3n) is 3.70. The van der Waals surface area contributed by atoms with Crippen LogP contribution in [0, 0.1) is 5.92 Å². The van der Waals surface area contributed by atoms with E-state index >= 15 is 0 Å². The Morgan fingerprint density at radius 1 is 1.58 bits per heavy atom. The van der Waals surface area contributed by atoms with Gasteiger partial charge in [-0.15, -0.1) is 11.8 Å². The normalized spacial score (nSPS) is 23.6. The van der Waals surface area contributed by atoms with Crippen molar-refractivity contribution in [1.29, 1.82) is 0 Å². The number of carbonyl (C=O) groups excluding carboxylic acids is 3. The number of rotatable bonds is 7. The molecule has 7 nitrogen and oxygen atoms in total. The Kier molecular flexibility index (Phi) is 8.51. The van der Waals surface area contributed by atoms with Crippen LogP contribution in [0.25, 0.3) is 0 Å². The van der Waals surface area contributed by atoms with Gasteiger partial charge in [0.25, 0.3) is 0 Å². The summed E-state index contributed by atoms with van der Waals surface area (Å²) in [7, 11) is 0. The summed E-state index contributed by atoms with van der Waals surface area (Å²) in [5.74, 6) is -2.70. The number of carboxylic acids is 1. The molecule has 2 rings (SSSR count). The number of alkyl halides is 1. The van der Waals surface area contributed by atoms with Crippen LogP contribution in [0.1, 0.15) is 13.3 Å². The number of hydrogen-bond acceptors (Lipinski definition) is 6. The van der Waals surface area contributed by atoms with Crippen LogP contribution in [0.3, 0.4) is 0 Å². The fraction of sp³-hybridized carbons (Fsp3) is 0.500. The van der Waals surface area contributed by atoms with Crippen molar-refractivity contribution >= 4 is 45.5 Å². The molecule has 0 saturated carbocycles. The first-order valence-electron chi connectivity index (χ1n) is 7.01. The second-order valence-corrected chi connectivity index (χ2v) is 7.00. The summed E-state index contributed by atoms with van der Waals surface area (Å²) in [6.07, 6.45) is 0.807. The molecule has 0 aromatic rings.